The van der Waals surface area contributed by atoms with Crippen LogP contribution in [0.4, 0.5) is 5.69 Å². The number of hydrogen-bond acceptors (Lipinski definition) is 1. The van der Waals surface area contributed by atoms with Gasteiger partial charge in [-0.25, -0.2) is 0 Å². The average molecular weight is 189 g/mol. The van der Waals surface area contributed by atoms with Gasteiger partial charge in [-0.05, 0) is 18.1 Å². The molecule has 1 aromatic carbocycles. The van der Waals surface area contributed by atoms with E-state index in [1.165, 1.54) is 18.4 Å². The molecule has 0 bridgehead atoms. The number of benzene rings is 1. The molecule has 2 N–H and O–H groups in total. The molecular formula is C13H19N. The molecule has 0 spiro atoms. The van der Waals surface area contributed by atoms with Gasteiger partial charge in [0.05, 0.1) is 0 Å². The molecule has 0 saturated heterocycles. The molecule has 0 aromatic heterocycles. The van der Waals surface area contributed by atoms with Gasteiger partial charge in [0.1, 0.15) is 0 Å². The SMILES string of the molecule is C=CC(CCCC)c1ccccc1N. The van der Waals surface area contributed by atoms with E-state index in [1.54, 1.807) is 0 Å². The van der Waals surface area contributed by atoms with Crippen LogP contribution >= 0.6 is 0 Å². The Balaban J connectivity index is 2.78. The molecule has 0 heterocycles. The highest BCUT2D eigenvalue weighted by Gasteiger charge is 2.08. The average Bonchev–Trinajstić information content (AvgIpc) is 2.21. The Hall–Kier alpha value is -1.24. The van der Waals surface area contributed by atoms with Gasteiger partial charge in [0.25, 0.3) is 0 Å². The van der Waals surface area contributed by atoms with Crippen LogP contribution in [0.5, 0.6) is 0 Å². The van der Waals surface area contributed by atoms with Gasteiger partial charge in [-0.15, -0.1) is 6.58 Å². The van der Waals surface area contributed by atoms with Crippen LogP contribution in [0, 0.1) is 0 Å². The molecule has 1 aromatic rings. The predicted molar refractivity (Wildman–Crippen MR) is 63.3 cm³/mol. The first-order chi connectivity index (χ1) is 6.79. The van der Waals surface area contributed by atoms with E-state index < -0.39 is 0 Å². The third-order valence-corrected chi connectivity index (χ3v) is 2.55. The Bertz CT molecular complexity index is 291. The van der Waals surface area contributed by atoms with E-state index in [2.05, 4.69) is 19.6 Å². The van der Waals surface area contributed by atoms with Crippen LogP contribution in [0.1, 0.15) is 37.7 Å². The van der Waals surface area contributed by atoms with Crippen molar-refractivity contribution in [2.45, 2.75) is 32.1 Å². The minimum absolute atomic E-state index is 0.413. The molecule has 0 radical (unpaired) electrons. The van der Waals surface area contributed by atoms with E-state index in [-0.39, 0.29) is 0 Å². The number of nitrogen functional groups attached to an aromatic ring is 1. The van der Waals surface area contributed by atoms with Crippen LogP contribution in [0.25, 0.3) is 0 Å². The monoisotopic (exact) mass is 189 g/mol. The summed E-state index contributed by atoms with van der Waals surface area (Å²) in [5, 5.41) is 0. The van der Waals surface area contributed by atoms with Crippen molar-refractivity contribution >= 4 is 5.69 Å². The number of para-hydroxylation sites is 1. The third-order valence-electron chi connectivity index (χ3n) is 2.55. The molecule has 1 unspecified atom stereocenters. The Kier molecular flexibility index (Phi) is 4.24. The summed E-state index contributed by atoms with van der Waals surface area (Å²) in [6.45, 7) is 6.08. The van der Waals surface area contributed by atoms with Crippen molar-refractivity contribution in [3.8, 4) is 0 Å². The zero-order valence-corrected chi connectivity index (χ0v) is 8.87. The molecule has 1 rings (SSSR count). The van der Waals surface area contributed by atoms with E-state index in [0.717, 1.165) is 12.1 Å². The van der Waals surface area contributed by atoms with Crippen molar-refractivity contribution in [3.63, 3.8) is 0 Å². The summed E-state index contributed by atoms with van der Waals surface area (Å²) in [5.74, 6) is 0.413. The van der Waals surface area contributed by atoms with Gasteiger partial charge in [-0.1, -0.05) is 44.0 Å². The summed E-state index contributed by atoms with van der Waals surface area (Å²) in [6, 6.07) is 8.06. The van der Waals surface area contributed by atoms with Crippen molar-refractivity contribution in [2.24, 2.45) is 0 Å². The highest BCUT2D eigenvalue weighted by molar-refractivity contribution is 5.49. The fourth-order valence-corrected chi connectivity index (χ4v) is 1.67. The second-order valence-electron chi connectivity index (χ2n) is 3.61. The van der Waals surface area contributed by atoms with Gasteiger partial charge in [0.2, 0.25) is 0 Å². The van der Waals surface area contributed by atoms with Crippen LogP contribution in [0.2, 0.25) is 0 Å². The van der Waals surface area contributed by atoms with E-state index in [9.17, 15) is 0 Å². The molecule has 14 heavy (non-hydrogen) atoms. The van der Waals surface area contributed by atoms with Crippen molar-refractivity contribution in [2.75, 3.05) is 5.73 Å². The predicted octanol–water partition coefficient (Wildman–Crippen LogP) is 3.73. The number of unbranched alkanes of at least 4 members (excludes halogenated alkanes) is 1. The van der Waals surface area contributed by atoms with Crippen LogP contribution in [0.3, 0.4) is 0 Å². The minimum atomic E-state index is 0.413. The number of allylic oxidation sites excluding steroid dienone is 1. The number of rotatable bonds is 5. The van der Waals surface area contributed by atoms with Gasteiger partial charge in [0.15, 0.2) is 0 Å². The first-order valence-corrected chi connectivity index (χ1v) is 5.26. The van der Waals surface area contributed by atoms with Crippen molar-refractivity contribution in [1.29, 1.82) is 0 Å². The van der Waals surface area contributed by atoms with Crippen LogP contribution < -0.4 is 5.73 Å². The van der Waals surface area contributed by atoms with Gasteiger partial charge < -0.3 is 5.73 Å². The lowest BCUT2D eigenvalue weighted by Gasteiger charge is -2.14. The molecular weight excluding hydrogens is 170 g/mol. The summed E-state index contributed by atoms with van der Waals surface area (Å²) in [6.07, 6.45) is 5.59. The minimum Gasteiger partial charge on any atom is -0.398 e. The number of nitrogens with two attached hydrogens (primary N) is 1. The first kappa shape index (κ1) is 10.8. The molecule has 1 nitrogen and oxygen atoms in total. The summed E-state index contributed by atoms with van der Waals surface area (Å²) in [7, 11) is 0. The smallest absolute Gasteiger partial charge is 0.0352 e. The molecule has 0 amide bonds. The van der Waals surface area contributed by atoms with E-state index in [4.69, 9.17) is 5.73 Å². The highest BCUT2D eigenvalue weighted by atomic mass is 14.6. The molecule has 0 aliphatic rings. The van der Waals surface area contributed by atoms with Gasteiger partial charge in [-0.3, -0.25) is 0 Å². The first-order valence-electron chi connectivity index (χ1n) is 5.26. The van der Waals surface area contributed by atoms with Crippen molar-refractivity contribution in [3.05, 3.63) is 42.5 Å². The topological polar surface area (TPSA) is 26.0 Å². The standard InChI is InChI=1S/C13H19N/c1-3-5-8-11(4-2)12-9-6-7-10-13(12)14/h4,6-7,9-11H,2-3,5,8,14H2,1H3. The van der Waals surface area contributed by atoms with E-state index >= 15 is 0 Å². The lowest BCUT2D eigenvalue weighted by atomic mass is 9.92. The second kappa shape index (κ2) is 5.48. The van der Waals surface area contributed by atoms with E-state index in [1.807, 2.05) is 24.3 Å². The summed E-state index contributed by atoms with van der Waals surface area (Å²) in [4.78, 5) is 0. The molecule has 0 fully saturated rings. The molecule has 1 atom stereocenters. The lowest BCUT2D eigenvalue weighted by molar-refractivity contribution is 0.666. The Morgan fingerprint density at radius 2 is 2.14 bits per heavy atom. The van der Waals surface area contributed by atoms with Crippen LogP contribution in [0.15, 0.2) is 36.9 Å². The third kappa shape index (κ3) is 2.63. The quantitative estimate of drug-likeness (QED) is 0.554. The van der Waals surface area contributed by atoms with Crippen molar-refractivity contribution in [1.82, 2.24) is 0 Å². The summed E-state index contributed by atoms with van der Waals surface area (Å²) in [5.41, 5.74) is 8.02. The molecule has 1 heteroatoms. The fourth-order valence-electron chi connectivity index (χ4n) is 1.67. The Morgan fingerprint density at radius 3 is 2.71 bits per heavy atom. The number of anilines is 1. The van der Waals surface area contributed by atoms with Crippen molar-refractivity contribution < 1.29 is 0 Å². The zero-order chi connectivity index (χ0) is 10.4. The molecule has 0 aliphatic carbocycles. The van der Waals surface area contributed by atoms with Crippen LogP contribution in [-0.2, 0) is 0 Å². The highest BCUT2D eigenvalue weighted by Crippen LogP contribution is 2.27. The van der Waals surface area contributed by atoms with E-state index in [0.29, 0.717) is 5.92 Å². The summed E-state index contributed by atoms with van der Waals surface area (Å²) >= 11 is 0. The molecule has 0 saturated carbocycles. The maximum Gasteiger partial charge on any atom is 0.0352 e. The van der Waals surface area contributed by atoms with Gasteiger partial charge >= 0.3 is 0 Å². The molecule has 76 valence electrons. The van der Waals surface area contributed by atoms with Gasteiger partial charge in [0, 0.05) is 11.6 Å². The normalized spacial score (nSPS) is 12.4. The fraction of sp³-hybridized carbons (Fsp3) is 0.385. The lowest BCUT2D eigenvalue weighted by Crippen LogP contribution is -2.00. The Labute approximate surface area is 86.6 Å². The number of hydrogen-bond donors (Lipinski definition) is 1. The maximum atomic E-state index is 5.92. The zero-order valence-electron chi connectivity index (χ0n) is 8.87. The second-order valence-corrected chi connectivity index (χ2v) is 3.61. The van der Waals surface area contributed by atoms with Gasteiger partial charge in [-0.2, -0.15) is 0 Å². The largest absolute Gasteiger partial charge is 0.398 e. The summed E-state index contributed by atoms with van der Waals surface area (Å²) < 4.78 is 0. The molecule has 0 aliphatic heterocycles. The van der Waals surface area contributed by atoms with Crippen LogP contribution in [-0.4, -0.2) is 0 Å². The Morgan fingerprint density at radius 1 is 1.43 bits per heavy atom. The maximum absolute atomic E-state index is 5.92.